The third-order valence-corrected chi connectivity index (χ3v) is 3.70. The SMILES string of the molecule is O=c1nc(NO)c(Cl)cn1[C@H]1C[C@H](O)[C@@H](COP(=O)(O)O)O1. The van der Waals surface area contributed by atoms with Crippen LogP contribution in [0, 0.1) is 0 Å². The van der Waals surface area contributed by atoms with Crippen LogP contribution in [-0.2, 0) is 13.8 Å². The highest BCUT2D eigenvalue weighted by molar-refractivity contribution is 7.46. The molecular formula is C9H13ClN3O8P. The molecular weight excluding hydrogens is 345 g/mol. The quantitative estimate of drug-likeness (QED) is 0.341. The summed E-state index contributed by atoms with van der Waals surface area (Å²) in [4.78, 5) is 32.5. The first-order valence-electron chi connectivity index (χ1n) is 5.93. The fourth-order valence-electron chi connectivity index (χ4n) is 1.94. The van der Waals surface area contributed by atoms with Crippen LogP contribution in [0.5, 0.6) is 0 Å². The molecule has 0 spiro atoms. The average molecular weight is 358 g/mol. The molecule has 3 atom stereocenters. The molecule has 0 unspecified atom stereocenters. The summed E-state index contributed by atoms with van der Waals surface area (Å²) in [5, 5.41) is 18.5. The van der Waals surface area contributed by atoms with Gasteiger partial charge in [-0.3, -0.25) is 19.8 Å². The summed E-state index contributed by atoms with van der Waals surface area (Å²) >= 11 is 5.78. The minimum absolute atomic E-state index is 0.0288. The molecule has 1 aromatic heterocycles. The largest absolute Gasteiger partial charge is 0.469 e. The number of rotatable bonds is 5. The zero-order valence-corrected chi connectivity index (χ0v) is 12.5. The van der Waals surface area contributed by atoms with Gasteiger partial charge in [0.25, 0.3) is 0 Å². The van der Waals surface area contributed by atoms with Gasteiger partial charge < -0.3 is 19.6 Å². The van der Waals surface area contributed by atoms with E-state index in [1.807, 2.05) is 0 Å². The van der Waals surface area contributed by atoms with E-state index in [0.717, 1.165) is 10.8 Å². The maximum atomic E-state index is 11.8. The Bertz CT molecular complexity index is 648. The topological polar surface area (TPSA) is 163 Å². The van der Waals surface area contributed by atoms with Crippen molar-refractivity contribution in [2.45, 2.75) is 24.9 Å². The van der Waals surface area contributed by atoms with Crippen molar-refractivity contribution in [1.29, 1.82) is 0 Å². The molecule has 11 nitrogen and oxygen atoms in total. The number of aromatic nitrogens is 2. The lowest BCUT2D eigenvalue weighted by atomic mass is 10.2. The van der Waals surface area contributed by atoms with E-state index in [9.17, 15) is 14.5 Å². The Labute approximate surface area is 128 Å². The van der Waals surface area contributed by atoms with Gasteiger partial charge in [0.1, 0.15) is 17.4 Å². The van der Waals surface area contributed by atoms with Crippen LogP contribution in [-0.4, -0.2) is 48.5 Å². The predicted molar refractivity (Wildman–Crippen MR) is 71.4 cm³/mol. The first-order chi connectivity index (χ1) is 10.2. The standard InChI is InChI=1S/C9H13ClN3O8P/c10-4-2-13(9(15)11-8(4)12-16)7-1-5(14)6(21-7)3-20-22(17,18)19/h2,5-7,14,16H,1,3H2,(H,11,12,15)(H2,17,18,19)/t5-,6+,7+/m0/s1. The number of anilines is 1. The van der Waals surface area contributed by atoms with Crippen LogP contribution >= 0.6 is 19.4 Å². The van der Waals surface area contributed by atoms with Crippen molar-refractivity contribution < 1.29 is 33.9 Å². The number of ether oxygens (including phenoxy) is 1. The Kier molecular flexibility index (Phi) is 5.20. The normalized spacial score (nSPS) is 25.4. The van der Waals surface area contributed by atoms with Gasteiger partial charge in [-0.05, 0) is 0 Å². The number of phosphoric ester groups is 1. The van der Waals surface area contributed by atoms with E-state index in [2.05, 4.69) is 9.51 Å². The molecule has 1 aromatic rings. The Morgan fingerprint density at radius 2 is 2.27 bits per heavy atom. The monoisotopic (exact) mass is 357 g/mol. The van der Waals surface area contributed by atoms with Gasteiger partial charge in [-0.2, -0.15) is 4.98 Å². The summed E-state index contributed by atoms with van der Waals surface area (Å²) in [5.41, 5.74) is 0.859. The van der Waals surface area contributed by atoms with Crippen LogP contribution in [0.3, 0.4) is 0 Å². The summed E-state index contributed by atoms with van der Waals surface area (Å²) in [6.45, 7) is -0.547. The number of hydrogen-bond donors (Lipinski definition) is 5. The Hall–Kier alpha value is -1.04. The van der Waals surface area contributed by atoms with Gasteiger partial charge in [-0.25, -0.2) is 9.36 Å². The molecule has 1 saturated heterocycles. The van der Waals surface area contributed by atoms with Gasteiger partial charge in [-0.15, -0.1) is 0 Å². The summed E-state index contributed by atoms with van der Waals surface area (Å²) in [5.74, 6) is -0.233. The van der Waals surface area contributed by atoms with E-state index in [4.69, 9.17) is 31.3 Å². The number of aliphatic hydroxyl groups is 1. The van der Waals surface area contributed by atoms with Crippen molar-refractivity contribution in [3.8, 4) is 0 Å². The summed E-state index contributed by atoms with van der Waals surface area (Å²) in [7, 11) is -4.69. The smallest absolute Gasteiger partial charge is 0.390 e. The number of halogens is 1. The summed E-state index contributed by atoms with van der Waals surface area (Å²) < 4.78 is 21.2. The minimum atomic E-state index is -4.69. The first kappa shape index (κ1) is 17.3. The van der Waals surface area contributed by atoms with Gasteiger partial charge in [0.2, 0.25) is 0 Å². The number of nitrogens with one attached hydrogen (secondary N) is 1. The van der Waals surface area contributed by atoms with Crippen LogP contribution in [0.2, 0.25) is 5.02 Å². The van der Waals surface area contributed by atoms with Gasteiger partial charge >= 0.3 is 13.5 Å². The maximum Gasteiger partial charge on any atom is 0.469 e. The molecule has 1 aliphatic rings. The molecule has 124 valence electrons. The summed E-state index contributed by atoms with van der Waals surface area (Å²) in [6.07, 6.45) is -1.94. The zero-order valence-electron chi connectivity index (χ0n) is 10.9. The molecule has 0 aliphatic carbocycles. The van der Waals surface area contributed by atoms with Gasteiger partial charge in [0.15, 0.2) is 5.82 Å². The fraction of sp³-hybridized carbons (Fsp3) is 0.556. The van der Waals surface area contributed by atoms with Crippen molar-refractivity contribution in [1.82, 2.24) is 9.55 Å². The van der Waals surface area contributed by atoms with Crippen LogP contribution in [0.15, 0.2) is 11.0 Å². The molecule has 1 fully saturated rings. The second-order valence-electron chi connectivity index (χ2n) is 4.46. The molecule has 13 heteroatoms. The van der Waals surface area contributed by atoms with Gasteiger partial charge in [0, 0.05) is 12.6 Å². The van der Waals surface area contributed by atoms with Gasteiger partial charge in [-0.1, -0.05) is 11.6 Å². The van der Waals surface area contributed by atoms with Crippen LogP contribution in [0.1, 0.15) is 12.6 Å². The number of hydrogen-bond acceptors (Lipinski definition) is 8. The average Bonchev–Trinajstić information content (AvgIpc) is 2.79. The highest BCUT2D eigenvalue weighted by atomic mass is 35.5. The lowest BCUT2D eigenvalue weighted by molar-refractivity contribution is -0.0450. The lowest BCUT2D eigenvalue weighted by Gasteiger charge is -2.16. The highest BCUT2D eigenvalue weighted by Crippen LogP contribution is 2.38. The van der Waals surface area contributed by atoms with Crippen LogP contribution < -0.4 is 11.2 Å². The van der Waals surface area contributed by atoms with Crippen LogP contribution in [0.25, 0.3) is 0 Å². The molecule has 2 heterocycles. The molecule has 0 saturated carbocycles. The van der Waals surface area contributed by atoms with E-state index < -0.39 is 38.6 Å². The van der Waals surface area contributed by atoms with Crippen molar-refractivity contribution >= 4 is 25.2 Å². The van der Waals surface area contributed by atoms with E-state index in [1.165, 1.54) is 0 Å². The first-order valence-corrected chi connectivity index (χ1v) is 7.84. The second kappa shape index (κ2) is 6.60. The Morgan fingerprint density at radius 1 is 1.59 bits per heavy atom. The molecule has 5 N–H and O–H groups in total. The maximum absolute atomic E-state index is 11.8. The molecule has 0 aromatic carbocycles. The molecule has 0 radical (unpaired) electrons. The van der Waals surface area contributed by atoms with Crippen molar-refractivity contribution in [3.05, 3.63) is 21.7 Å². The minimum Gasteiger partial charge on any atom is -0.390 e. The lowest BCUT2D eigenvalue weighted by Crippen LogP contribution is -2.28. The Morgan fingerprint density at radius 3 is 2.86 bits per heavy atom. The Balaban J connectivity index is 2.14. The van der Waals surface area contributed by atoms with Crippen LogP contribution in [0.4, 0.5) is 5.82 Å². The van der Waals surface area contributed by atoms with E-state index in [-0.39, 0.29) is 17.3 Å². The third kappa shape index (κ3) is 4.03. The molecule has 2 rings (SSSR count). The fourth-order valence-corrected chi connectivity index (χ4v) is 2.47. The molecule has 1 aliphatic heterocycles. The van der Waals surface area contributed by atoms with E-state index >= 15 is 0 Å². The van der Waals surface area contributed by atoms with Crippen molar-refractivity contribution in [2.75, 3.05) is 12.1 Å². The molecule has 22 heavy (non-hydrogen) atoms. The predicted octanol–water partition coefficient (Wildman–Crippen LogP) is -0.544. The van der Waals surface area contributed by atoms with E-state index in [0.29, 0.717) is 0 Å². The second-order valence-corrected chi connectivity index (χ2v) is 6.10. The summed E-state index contributed by atoms with van der Waals surface area (Å²) in [6, 6.07) is 0. The van der Waals surface area contributed by atoms with Crippen molar-refractivity contribution in [2.24, 2.45) is 0 Å². The highest BCUT2D eigenvalue weighted by Gasteiger charge is 2.37. The molecule has 0 amide bonds. The van der Waals surface area contributed by atoms with Gasteiger partial charge in [0.05, 0.1) is 12.7 Å². The number of nitrogens with zero attached hydrogens (tertiary/aromatic N) is 2. The van der Waals surface area contributed by atoms with Crippen molar-refractivity contribution in [3.63, 3.8) is 0 Å². The van der Waals surface area contributed by atoms with E-state index in [1.54, 1.807) is 5.48 Å². The number of phosphoric acid groups is 1. The third-order valence-electron chi connectivity index (χ3n) is 2.93. The molecule has 0 bridgehead atoms. The zero-order chi connectivity index (χ0) is 16.5. The number of aliphatic hydroxyl groups excluding tert-OH is 1.